The number of nitriles is 1. The maximum atomic E-state index is 13.4. The van der Waals surface area contributed by atoms with Gasteiger partial charge >= 0.3 is 6.03 Å². The average molecular weight is 387 g/mol. The van der Waals surface area contributed by atoms with E-state index >= 15 is 0 Å². The average Bonchev–Trinajstić information content (AvgIpc) is 3.33. The molecule has 4 amide bonds. The highest BCUT2D eigenvalue weighted by Gasteiger charge is 2.63. The molecule has 1 aromatic heterocycles. The number of fused-ring (bicyclic) bond motifs is 6. The van der Waals surface area contributed by atoms with Crippen molar-refractivity contribution in [3.63, 3.8) is 0 Å². The van der Waals surface area contributed by atoms with E-state index in [9.17, 15) is 19.6 Å². The highest BCUT2D eigenvalue weighted by molar-refractivity contribution is 6.25. The van der Waals surface area contributed by atoms with Crippen molar-refractivity contribution in [1.29, 1.82) is 5.26 Å². The largest absolute Gasteiger partial charge is 0.335 e. The van der Waals surface area contributed by atoms with Gasteiger partial charge in [-0.1, -0.05) is 0 Å². The highest BCUT2D eigenvalue weighted by atomic mass is 16.2. The monoisotopic (exact) mass is 387 g/mol. The van der Waals surface area contributed by atoms with Gasteiger partial charge < -0.3 is 9.80 Å². The molecule has 1 unspecified atom stereocenters. The molecule has 4 aliphatic rings. The minimum absolute atomic E-state index is 0.0969. The van der Waals surface area contributed by atoms with Crippen LogP contribution in [-0.4, -0.2) is 57.3 Å². The van der Waals surface area contributed by atoms with E-state index in [1.54, 1.807) is 35.4 Å². The Labute approximate surface area is 166 Å². The number of rotatable bonds is 2. The number of nitrogens with zero attached hydrogens (tertiary/aromatic N) is 5. The second-order valence-corrected chi connectivity index (χ2v) is 8.17. The van der Waals surface area contributed by atoms with E-state index in [1.807, 2.05) is 4.90 Å². The van der Waals surface area contributed by atoms with E-state index in [2.05, 4.69) is 11.1 Å². The summed E-state index contributed by atoms with van der Waals surface area (Å²) in [6, 6.07) is 7.49. The van der Waals surface area contributed by atoms with Crippen LogP contribution in [0.5, 0.6) is 0 Å². The molecule has 1 saturated carbocycles. The van der Waals surface area contributed by atoms with Crippen LogP contribution in [0.25, 0.3) is 10.9 Å². The van der Waals surface area contributed by atoms with Crippen LogP contribution in [0.3, 0.4) is 0 Å². The standard InChI is InChI=1S/C21H17N5O3/c22-9-12-5-6-15(14-2-1-7-23-17(12)14)26-20(28)18-16-8-13(25(18)21(26)29)10-24(16)19(27)11-3-4-11/h1-2,5-7,11,13,16,18H,3-4,8,10H2/t13-,16?,18-/m1/s1. The van der Waals surface area contributed by atoms with Gasteiger partial charge in [-0.3, -0.25) is 14.6 Å². The first-order chi connectivity index (χ1) is 14.1. The first-order valence-electron chi connectivity index (χ1n) is 9.84. The second-order valence-electron chi connectivity index (χ2n) is 8.17. The zero-order valence-electron chi connectivity index (χ0n) is 15.5. The molecule has 3 atom stereocenters. The lowest BCUT2D eigenvalue weighted by Gasteiger charge is -2.35. The van der Waals surface area contributed by atoms with Gasteiger partial charge in [0.15, 0.2) is 0 Å². The van der Waals surface area contributed by atoms with Gasteiger partial charge in [0.2, 0.25) is 5.91 Å². The van der Waals surface area contributed by atoms with Crippen molar-refractivity contribution < 1.29 is 14.4 Å². The summed E-state index contributed by atoms with van der Waals surface area (Å²) in [6.45, 7) is 0.513. The number of anilines is 1. The van der Waals surface area contributed by atoms with Gasteiger partial charge in [-0.2, -0.15) is 5.26 Å². The van der Waals surface area contributed by atoms with Crippen molar-refractivity contribution >= 4 is 34.4 Å². The fourth-order valence-electron chi connectivity index (χ4n) is 5.14. The lowest BCUT2D eigenvalue weighted by molar-refractivity contribution is -0.136. The predicted molar refractivity (Wildman–Crippen MR) is 102 cm³/mol. The summed E-state index contributed by atoms with van der Waals surface area (Å²) < 4.78 is 0. The molecule has 3 saturated heterocycles. The summed E-state index contributed by atoms with van der Waals surface area (Å²) >= 11 is 0. The molecule has 29 heavy (non-hydrogen) atoms. The third-order valence-electron chi connectivity index (χ3n) is 6.58. The summed E-state index contributed by atoms with van der Waals surface area (Å²) in [4.78, 5) is 48.2. The van der Waals surface area contributed by atoms with Crippen molar-refractivity contribution in [2.24, 2.45) is 5.92 Å². The zero-order valence-corrected chi connectivity index (χ0v) is 15.5. The van der Waals surface area contributed by atoms with Crippen molar-refractivity contribution in [2.75, 3.05) is 11.4 Å². The fourth-order valence-corrected chi connectivity index (χ4v) is 5.14. The van der Waals surface area contributed by atoms with Gasteiger partial charge in [0.1, 0.15) is 12.1 Å². The van der Waals surface area contributed by atoms with Crippen LogP contribution in [0.1, 0.15) is 24.8 Å². The van der Waals surface area contributed by atoms with Crippen molar-refractivity contribution in [3.8, 4) is 6.07 Å². The van der Waals surface area contributed by atoms with Gasteiger partial charge in [-0.25, -0.2) is 9.69 Å². The molecule has 1 aromatic carbocycles. The number of carbonyl (C=O) groups is 3. The zero-order chi connectivity index (χ0) is 19.9. The van der Waals surface area contributed by atoms with E-state index in [-0.39, 0.29) is 35.8 Å². The van der Waals surface area contributed by atoms with Crippen molar-refractivity contribution in [1.82, 2.24) is 14.8 Å². The SMILES string of the molecule is N#Cc1ccc(N2C(=O)[C@H]3C4C[C@H](CN4C(=O)C4CC4)N3C2=O)c2cccnc12. The summed E-state index contributed by atoms with van der Waals surface area (Å²) in [7, 11) is 0. The number of aromatic nitrogens is 1. The van der Waals surface area contributed by atoms with Crippen LogP contribution in [0.15, 0.2) is 30.5 Å². The Morgan fingerprint density at radius 1 is 1.21 bits per heavy atom. The Balaban J connectivity index is 1.41. The maximum Gasteiger partial charge on any atom is 0.332 e. The van der Waals surface area contributed by atoms with Crippen LogP contribution >= 0.6 is 0 Å². The number of amides is 4. The summed E-state index contributed by atoms with van der Waals surface area (Å²) in [5, 5.41) is 9.94. The first kappa shape index (κ1) is 16.5. The number of carbonyl (C=O) groups excluding carboxylic acids is 3. The molecule has 8 heteroatoms. The van der Waals surface area contributed by atoms with E-state index in [1.165, 1.54) is 4.90 Å². The summed E-state index contributed by atoms with van der Waals surface area (Å²) in [6.07, 6.45) is 4.10. The van der Waals surface area contributed by atoms with Crippen LogP contribution in [-0.2, 0) is 9.59 Å². The molecule has 0 N–H and O–H groups in total. The molecule has 4 heterocycles. The van der Waals surface area contributed by atoms with Crippen LogP contribution in [0, 0.1) is 17.2 Å². The van der Waals surface area contributed by atoms with E-state index in [0.29, 0.717) is 35.1 Å². The Morgan fingerprint density at radius 2 is 2.03 bits per heavy atom. The molecule has 2 bridgehead atoms. The van der Waals surface area contributed by atoms with Gasteiger partial charge in [-0.15, -0.1) is 0 Å². The summed E-state index contributed by atoms with van der Waals surface area (Å²) in [5.41, 5.74) is 1.30. The Hall–Kier alpha value is -3.47. The topological polar surface area (TPSA) is 97.6 Å². The first-order valence-corrected chi connectivity index (χ1v) is 9.84. The van der Waals surface area contributed by atoms with Crippen molar-refractivity contribution in [3.05, 3.63) is 36.0 Å². The van der Waals surface area contributed by atoms with E-state index in [4.69, 9.17) is 0 Å². The number of piperazine rings is 1. The van der Waals surface area contributed by atoms with Crippen LogP contribution in [0.2, 0.25) is 0 Å². The van der Waals surface area contributed by atoms with Crippen LogP contribution < -0.4 is 4.90 Å². The number of likely N-dealkylation sites (tertiary alicyclic amines) is 1. The third kappa shape index (κ3) is 2.07. The molecule has 8 nitrogen and oxygen atoms in total. The Morgan fingerprint density at radius 3 is 2.79 bits per heavy atom. The lowest BCUT2D eigenvalue weighted by atomic mass is 10.1. The number of urea groups is 1. The van der Waals surface area contributed by atoms with Gasteiger partial charge in [-0.05, 0) is 43.5 Å². The number of imide groups is 1. The molecule has 4 fully saturated rings. The second kappa shape index (κ2) is 5.54. The molecule has 0 radical (unpaired) electrons. The maximum absolute atomic E-state index is 13.4. The van der Waals surface area contributed by atoms with E-state index < -0.39 is 6.04 Å². The third-order valence-corrected chi connectivity index (χ3v) is 6.58. The molecule has 0 spiro atoms. The summed E-state index contributed by atoms with van der Waals surface area (Å²) in [5.74, 6) is -0.0748. The minimum atomic E-state index is -0.619. The Kier molecular flexibility index (Phi) is 3.15. The molecule has 1 aliphatic carbocycles. The molecular formula is C21H17N5O3. The Bertz CT molecular complexity index is 1150. The van der Waals surface area contributed by atoms with Crippen molar-refractivity contribution in [2.45, 2.75) is 37.4 Å². The van der Waals surface area contributed by atoms with Gasteiger partial charge in [0.05, 0.1) is 28.9 Å². The molecule has 3 aliphatic heterocycles. The number of benzene rings is 1. The number of hydrogen-bond donors (Lipinski definition) is 0. The molecule has 2 aromatic rings. The lowest BCUT2D eigenvalue weighted by Crippen LogP contribution is -2.55. The quantitative estimate of drug-likeness (QED) is 0.730. The minimum Gasteiger partial charge on any atom is -0.335 e. The molecular weight excluding hydrogens is 370 g/mol. The van der Waals surface area contributed by atoms with Gasteiger partial charge in [0, 0.05) is 24.0 Å². The van der Waals surface area contributed by atoms with Gasteiger partial charge in [0.25, 0.3) is 5.91 Å². The van der Waals surface area contributed by atoms with E-state index in [0.717, 1.165) is 12.8 Å². The molecule has 6 rings (SSSR count). The predicted octanol–water partition coefficient (Wildman–Crippen LogP) is 1.64. The number of hydrogen-bond acceptors (Lipinski definition) is 5. The van der Waals surface area contributed by atoms with Crippen LogP contribution in [0.4, 0.5) is 10.5 Å². The fraction of sp³-hybridized carbons (Fsp3) is 0.381. The molecule has 144 valence electrons. The smallest absolute Gasteiger partial charge is 0.332 e. The number of pyridine rings is 1. The highest BCUT2D eigenvalue weighted by Crippen LogP contribution is 2.45. The normalized spacial score (nSPS) is 27.7.